The molecule has 12 heavy (non-hydrogen) atoms. The second-order valence-electron chi connectivity index (χ2n) is 2.20. The predicted octanol–water partition coefficient (Wildman–Crippen LogP) is 2.55. The molecule has 0 spiro atoms. The third kappa shape index (κ3) is 3.46. The highest BCUT2D eigenvalue weighted by atomic mass is 16.3. The molecule has 2 heteroatoms. The van der Waals surface area contributed by atoms with Crippen LogP contribution in [-0.4, -0.2) is 0 Å². The van der Waals surface area contributed by atoms with Crippen molar-refractivity contribution in [2.75, 3.05) is 5.73 Å². The fourth-order valence-corrected chi connectivity index (χ4v) is 0.680. The first kappa shape index (κ1) is 8.40. The van der Waals surface area contributed by atoms with Gasteiger partial charge in [-0.25, -0.2) is 0 Å². The van der Waals surface area contributed by atoms with Crippen LogP contribution >= 0.6 is 0 Å². The van der Waals surface area contributed by atoms with Gasteiger partial charge in [-0.05, 0) is 24.3 Å². The molecule has 0 aliphatic carbocycles. The van der Waals surface area contributed by atoms with Gasteiger partial charge >= 0.3 is 0 Å². The van der Waals surface area contributed by atoms with E-state index < -0.39 is 0 Å². The Balaban J connectivity index is 0.000000127. The number of furan rings is 1. The Morgan fingerprint density at radius 1 is 0.833 bits per heavy atom. The molecule has 2 nitrogen and oxygen atoms in total. The van der Waals surface area contributed by atoms with Crippen LogP contribution in [-0.2, 0) is 0 Å². The lowest BCUT2D eigenvalue weighted by Crippen LogP contribution is -1.79. The van der Waals surface area contributed by atoms with Crippen molar-refractivity contribution in [3.63, 3.8) is 0 Å². The zero-order valence-corrected chi connectivity index (χ0v) is 6.68. The molecule has 0 radical (unpaired) electrons. The molecule has 0 bridgehead atoms. The fourth-order valence-electron chi connectivity index (χ4n) is 0.680. The highest BCUT2D eigenvalue weighted by Crippen LogP contribution is 1.95. The van der Waals surface area contributed by atoms with E-state index in [4.69, 9.17) is 5.73 Å². The molecule has 1 aromatic carbocycles. The van der Waals surface area contributed by atoms with Crippen molar-refractivity contribution in [3.8, 4) is 0 Å². The lowest BCUT2D eigenvalue weighted by atomic mass is 10.3. The average Bonchev–Trinajstić information content (AvgIpc) is 2.62. The van der Waals surface area contributed by atoms with E-state index in [0.29, 0.717) is 0 Å². The van der Waals surface area contributed by atoms with Crippen molar-refractivity contribution in [1.29, 1.82) is 0 Å². The third-order valence-corrected chi connectivity index (χ3v) is 1.22. The Morgan fingerprint density at radius 2 is 1.42 bits per heavy atom. The number of benzene rings is 1. The van der Waals surface area contributed by atoms with Crippen molar-refractivity contribution < 1.29 is 4.42 Å². The zero-order valence-electron chi connectivity index (χ0n) is 6.68. The fraction of sp³-hybridized carbons (Fsp3) is 0. The van der Waals surface area contributed by atoms with Crippen molar-refractivity contribution in [2.24, 2.45) is 0 Å². The minimum Gasteiger partial charge on any atom is -0.473 e. The summed E-state index contributed by atoms with van der Waals surface area (Å²) >= 11 is 0. The van der Waals surface area contributed by atoms with Gasteiger partial charge in [-0.15, -0.1) is 0 Å². The van der Waals surface area contributed by atoms with Crippen molar-refractivity contribution in [3.05, 3.63) is 55.0 Å². The summed E-state index contributed by atoms with van der Waals surface area (Å²) in [5.74, 6) is 0. The first-order valence-corrected chi connectivity index (χ1v) is 3.67. The van der Waals surface area contributed by atoms with Crippen LogP contribution < -0.4 is 5.73 Å². The van der Waals surface area contributed by atoms with Crippen LogP contribution in [0.5, 0.6) is 0 Å². The summed E-state index contributed by atoms with van der Waals surface area (Å²) in [6, 6.07) is 13.2. The molecule has 1 heterocycles. The minimum atomic E-state index is 0.822. The van der Waals surface area contributed by atoms with E-state index in [0.717, 1.165) is 5.69 Å². The number of nitrogens with two attached hydrogens (primary N) is 1. The molecular weight excluding hydrogens is 150 g/mol. The Morgan fingerprint density at radius 3 is 1.67 bits per heavy atom. The van der Waals surface area contributed by atoms with Gasteiger partial charge in [-0.1, -0.05) is 18.2 Å². The van der Waals surface area contributed by atoms with Crippen molar-refractivity contribution in [2.45, 2.75) is 0 Å². The SMILES string of the molecule is Nc1ccccc1.c1ccoc1. The summed E-state index contributed by atoms with van der Waals surface area (Å²) in [5, 5.41) is 0. The third-order valence-electron chi connectivity index (χ3n) is 1.22. The smallest absolute Gasteiger partial charge is 0.0902 e. The number of hydrogen-bond acceptors (Lipinski definition) is 2. The van der Waals surface area contributed by atoms with Crippen molar-refractivity contribution >= 4 is 5.69 Å². The number of para-hydroxylation sites is 1. The molecule has 2 N–H and O–H groups in total. The van der Waals surface area contributed by atoms with Gasteiger partial charge < -0.3 is 10.2 Å². The summed E-state index contributed by atoms with van der Waals surface area (Å²) in [7, 11) is 0. The van der Waals surface area contributed by atoms with E-state index in [9.17, 15) is 0 Å². The molecule has 0 aliphatic rings. The van der Waals surface area contributed by atoms with Crippen LogP contribution in [0.2, 0.25) is 0 Å². The van der Waals surface area contributed by atoms with Gasteiger partial charge in [0.05, 0.1) is 12.5 Å². The number of rotatable bonds is 0. The maximum Gasteiger partial charge on any atom is 0.0902 e. The topological polar surface area (TPSA) is 39.2 Å². The molecule has 62 valence electrons. The second-order valence-corrected chi connectivity index (χ2v) is 2.20. The van der Waals surface area contributed by atoms with Gasteiger partial charge in [-0.3, -0.25) is 0 Å². The first-order chi connectivity index (χ1) is 5.89. The molecule has 0 saturated heterocycles. The van der Waals surface area contributed by atoms with Crippen LogP contribution in [0.4, 0.5) is 5.69 Å². The molecular formula is C10H11NO. The Bertz CT molecular complexity index is 259. The monoisotopic (exact) mass is 161 g/mol. The molecule has 1 aromatic heterocycles. The molecule has 2 rings (SSSR count). The lowest BCUT2D eigenvalue weighted by Gasteiger charge is -1.83. The Labute approximate surface area is 71.6 Å². The molecule has 0 saturated carbocycles. The molecule has 0 atom stereocenters. The lowest BCUT2D eigenvalue weighted by molar-refractivity contribution is 0.567. The van der Waals surface area contributed by atoms with Gasteiger partial charge in [0.15, 0.2) is 0 Å². The highest BCUT2D eigenvalue weighted by molar-refractivity contribution is 5.35. The van der Waals surface area contributed by atoms with Crippen LogP contribution in [0.25, 0.3) is 0 Å². The summed E-state index contributed by atoms with van der Waals surface area (Å²) in [6.07, 6.45) is 3.25. The van der Waals surface area contributed by atoms with Crippen LogP contribution in [0.15, 0.2) is 59.4 Å². The molecule has 0 fully saturated rings. The number of hydrogen-bond donors (Lipinski definition) is 1. The minimum absolute atomic E-state index is 0.822. The predicted molar refractivity (Wildman–Crippen MR) is 49.6 cm³/mol. The van der Waals surface area contributed by atoms with E-state index in [1.807, 2.05) is 42.5 Å². The molecule has 2 aromatic rings. The average molecular weight is 161 g/mol. The van der Waals surface area contributed by atoms with E-state index in [1.165, 1.54) is 0 Å². The van der Waals surface area contributed by atoms with Gasteiger partial charge in [0.2, 0.25) is 0 Å². The van der Waals surface area contributed by atoms with Crippen molar-refractivity contribution in [1.82, 2.24) is 0 Å². The second kappa shape index (κ2) is 5.02. The Hall–Kier alpha value is -1.70. The van der Waals surface area contributed by atoms with Crippen LogP contribution in [0.1, 0.15) is 0 Å². The van der Waals surface area contributed by atoms with Gasteiger partial charge in [0, 0.05) is 5.69 Å². The number of nitrogen functional groups attached to an aromatic ring is 1. The summed E-state index contributed by atoms with van der Waals surface area (Å²) in [4.78, 5) is 0. The summed E-state index contributed by atoms with van der Waals surface area (Å²) < 4.78 is 4.58. The van der Waals surface area contributed by atoms with E-state index in [1.54, 1.807) is 12.5 Å². The molecule has 0 aliphatic heterocycles. The van der Waals surface area contributed by atoms with Gasteiger partial charge in [0.1, 0.15) is 0 Å². The summed E-state index contributed by atoms with van der Waals surface area (Å²) in [5.41, 5.74) is 6.18. The van der Waals surface area contributed by atoms with Gasteiger partial charge in [0.25, 0.3) is 0 Å². The Kier molecular flexibility index (Phi) is 3.51. The van der Waals surface area contributed by atoms with Gasteiger partial charge in [-0.2, -0.15) is 0 Å². The van der Waals surface area contributed by atoms with Crippen LogP contribution in [0, 0.1) is 0 Å². The standard InChI is InChI=1S/C6H7N.C4H4O/c7-6-4-2-1-3-5-6;1-2-4-5-3-1/h1-5H,7H2;1-4H. The van der Waals surface area contributed by atoms with Crippen LogP contribution in [0.3, 0.4) is 0 Å². The highest BCUT2D eigenvalue weighted by Gasteiger charge is 1.72. The zero-order chi connectivity index (χ0) is 8.65. The molecule has 0 amide bonds. The number of anilines is 1. The quantitative estimate of drug-likeness (QED) is 0.603. The largest absolute Gasteiger partial charge is 0.473 e. The normalized spacial score (nSPS) is 8.33. The van der Waals surface area contributed by atoms with E-state index in [-0.39, 0.29) is 0 Å². The maximum absolute atomic E-state index is 5.36. The first-order valence-electron chi connectivity index (χ1n) is 3.67. The molecule has 0 unspecified atom stereocenters. The van der Waals surface area contributed by atoms with E-state index >= 15 is 0 Å². The summed E-state index contributed by atoms with van der Waals surface area (Å²) in [6.45, 7) is 0. The van der Waals surface area contributed by atoms with E-state index in [2.05, 4.69) is 4.42 Å². The maximum atomic E-state index is 5.36.